The highest BCUT2D eigenvalue weighted by atomic mass is 16.5. The second-order valence-corrected chi connectivity index (χ2v) is 4.95. The number of ether oxygens (including phenoxy) is 1. The summed E-state index contributed by atoms with van der Waals surface area (Å²) in [7, 11) is 1.69. The molecule has 0 spiro atoms. The van der Waals surface area contributed by atoms with Crippen molar-refractivity contribution in [1.82, 2.24) is 9.80 Å². The molecule has 4 heteroatoms. The number of piperazine rings is 1. The molecule has 1 amide bonds. The molecule has 4 nitrogen and oxygen atoms in total. The quantitative estimate of drug-likeness (QED) is 0.840. The van der Waals surface area contributed by atoms with Gasteiger partial charge in [-0.3, -0.25) is 9.69 Å². The smallest absolute Gasteiger partial charge is 0.219 e. The van der Waals surface area contributed by atoms with Crippen molar-refractivity contribution in [3.8, 4) is 5.75 Å². The first kappa shape index (κ1) is 14.6. The lowest BCUT2D eigenvalue weighted by Crippen LogP contribution is -2.47. The number of rotatable bonds is 4. The fourth-order valence-corrected chi connectivity index (χ4v) is 2.38. The molecule has 1 fully saturated rings. The Labute approximate surface area is 120 Å². The van der Waals surface area contributed by atoms with Gasteiger partial charge in [-0.2, -0.15) is 0 Å². The van der Waals surface area contributed by atoms with Crippen LogP contribution in [0.3, 0.4) is 0 Å². The Hall–Kier alpha value is -1.81. The number of benzene rings is 1. The van der Waals surface area contributed by atoms with Crippen LogP contribution in [0.1, 0.15) is 12.5 Å². The number of methoxy groups -OCH3 is 1. The molecule has 0 atom stereocenters. The van der Waals surface area contributed by atoms with Crippen LogP contribution >= 0.6 is 0 Å². The van der Waals surface area contributed by atoms with Crippen LogP contribution in [-0.2, 0) is 4.79 Å². The number of para-hydroxylation sites is 1. The maximum Gasteiger partial charge on any atom is 0.219 e. The summed E-state index contributed by atoms with van der Waals surface area (Å²) in [4.78, 5) is 15.5. The highest BCUT2D eigenvalue weighted by molar-refractivity contribution is 5.73. The van der Waals surface area contributed by atoms with Gasteiger partial charge in [-0.1, -0.05) is 30.4 Å². The lowest BCUT2D eigenvalue weighted by atomic mass is 10.2. The topological polar surface area (TPSA) is 32.8 Å². The SMILES string of the molecule is COc1ccccc1C=CCN1CCN(C(C)=O)CC1. The van der Waals surface area contributed by atoms with E-state index in [1.807, 2.05) is 29.2 Å². The van der Waals surface area contributed by atoms with Gasteiger partial charge in [0.05, 0.1) is 7.11 Å². The molecular formula is C16H22N2O2. The van der Waals surface area contributed by atoms with E-state index in [0.717, 1.165) is 44.0 Å². The van der Waals surface area contributed by atoms with Gasteiger partial charge in [0.1, 0.15) is 5.75 Å². The van der Waals surface area contributed by atoms with Gasteiger partial charge in [0.2, 0.25) is 5.91 Å². The first-order valence-electron chi connectivity index (χ1n) is 6.98. The summed E-state index contributed by atoms with van der Waals surface area (Å²) in [6.45, 7) is 6.09. The van der Waals surface area contributed by atoms with E-state index in [1.54, 1.807) is 14.0 Å². The molecule has 0 radical (unpaired) electrons. The Bertz CT molecular complexity index is 477. The summed E-state index contributed by atoms with van der Waals surface area (Å²) in [6.07, 6.45) is 4.25. The predicted octanol–water partition coefficient (Wildman–Crippen LogP) is 1.87. The Kier molecular flexibility index (Phi) is 5.18. The van der Waals surface area contributed by atoms with Crippen molar-refractivity contribution < 1.29 is 9.53 Å². The lowest BCUT2D eigenvalue weighted by molar-refractivity contribution is -0.130. The maximum absolute atomic E-state index is 11.3. The molecule has 0 N–H and O–H groups in total. The maximum atomic E-state index is 11.3. The number of carbonyl (C=O) groups excluding carboxylic acids is 1. The Morgan fingerprint density at radius 1 is 1.25 bits per heavy atom. The molecule has 1 aromatic rings. The zero-order valence-electron chi connectivity index (χ0n) is 12.2. The van der Waals surface area contributed by atoms with Gasteiger partial charge in [-0.15, -0.1) is 0 Å². The van der Waals surface area contributed by atoms with Crippen LogP contribution in [0.5, 0.6) is 5.75 Å². The number of nitrogens with zero attached hydrogens (tertiary/aromatic N) is 2. The number of hydrogen-bond acceptors (Lipinski definition) is 3. The van der Waals surface area contributed by atoms with Crippen LogP contribution in [0.4, 0.5) is 0 Å². The summed E-state index contributed by atoms with van der Waals surface area (Å²) >= 11 is 0. The monoisotopic (exact) mass is 274 g/mol. The van der Waals surface area contributed by atoms with Crippen molar-refractivity contribution in [2.45, 2.75) is 6.92 Å². The van der Waals surface area contributed by atoms with Crippen LogP contribution in [0, 0.1) is 0 Å². The van der Waals surface area contributed by atoms with E-state index in [0.29, 0.717) is 0 Å². The van der Waals surface area contributed by atoms with Crippen molar-refractivity contribution in [3.05, 3.63) is 35.9 Å². The van der Waals surface area contributed by atoms with Gasteiger partial charge < -0.3 is 9.64 Å². The third-order valence-electron chi connectivity index (χ3n) is 3.62. The third-order valence-corrected chi connectivity index (χ3v) is 3.62. The van der Waals surface area contributed by atoms with Crippen molar-refractivity contribution >= 4 is 12.0 Å². The largest absolute Gasteiger partial charge is 0.496 e. The molecule has 1 aliphatic heterocycles. The van der Waals surface area contributed by atoms with Crippen LogP contribution < -0.4 is 4.74 Å². The van der Waals surface area contributed by atoms with E-state index >= 15 is 0 Å². The number of hydrogen-bond donors (Lipinski definition) is 0. The molecule has 108 valence electrons. The molecule has 0 saturated carbocycles. The minimum absolute atomic E-state index is 0.175. The Balaban J connectivity index is 1.84. The first-order chi connectivity index (χ1) is 9.70. The highest BCUT2D eigenvalue weighted by Gasteiger charge is 2.17. The van der Waals surface area contributed by atoms with Crippen molar-refractivity contribution in [1.29, 1.82) is 0 Å². The fraction of sp³-hybridized carbons (Fsp3) is 0.438. The van der Waals surface area contributed by atoms with Crippen molar-refractivity contribution in [2.24, 2.45) is 0 Å². The average Bonchev–Trinajstić information content (AvgIpc) is 2.48. The predicted molar refractivity (Wildman–Crippen MR) is 80.7 cm³/mol. The van der Waals surface area contributed by atoms with Crippen LogP contribution in [-0.4, -0.2) is 55.5 Å². The van der Waals surface area contributed by atoms with Gasteiger partial charge in [0.15, 0.2) is 0 Å². The molecule has 1 aliphatic rings. The minimum Gasteiger partial charge on any atom is -0.496 e. The Morgan fingerprint density at radius 3 is 2.60 bits per heavy atom. The zero-order chi connectivity index (χ0) is 14.4. The molecule has 1 aromatic carbocycles. The number of amides is 1. The molecule has 0 bridgehead atoms. The molecule has 1 saturated heterocycles. The van der Waals surface area contributed by atoms with E-state index in [1.165, 1.54) is 0 Å². The van der Waals surface area contributed by atoms with Crippen molar-refractivity contribution in [3.63, 3.8) is 0 Å². The zero-order valence-corrected chi connectivity index (χ0v) is 12.2. The number of carbonyl (C=O) groups is 1. The Morgan fingerprint density at radius 2 is 1.95 bits per heavy atom. The van der Waals surface area contributed by atoms with Crippen LogP contribution in [0.2, 0.25) is 0 Å². The van der Waals surface area contributed by atoms with Crippen LogP contribution in [0.25, 0.3) is 6.08 Å². The minimum atomic E-state index is 0.175. The second-order valence-electron chi connectivity index (χ2n) is 4.95. The van der Waals surface area contributed by atoms with E-state index in [4.69, 9.17) is 4.74 Å². The second kappa shape index (κ2) is 7.10. The normalized spacial score (nSPS) is 16.6. The van der Waals surface area contributed by atoms with Crippen LogP contribution in [0.15, 0.2) is 30.3 Å². The highest BCUT2D eigenvalue weighted by Crippen LogP contribution is 2.18. The average molecular weight is 274 g/mol. The van der Waals surface area contributed by atoms with E-state index in [-0.39, 0.29) is 5.91 Å². The fourth-order valence-electron chi connectivity index (χ4n) is 2.38. The first-order valence-corrected chi connectivity index (χ1v) is 6.98. The van der Waals surface area contributed by atoms with Crippen molar-refractivity contribution in [2.75, 3.05) is 39.8 Å². The third kappa shape index (κ3) is 3.84. The van der Waals surface area contributed by atoms with Gasteiger partial charge >= 0.3 is 0 Å². The van der Waals surface area contributed by atoms with E-state index in [2.05, 4.69) is 17.1 Å². The lowest BCUT2D eigenvalue weighted by Gasteiger charge is -2.33. The van der Waals surface area contributed by atoms with Gasteiger partial charge in [-0.05, 0) is 6.07 Å². The molecule has 0 unspecified atom stereocenters. The molecule has 0 aliphatic carbocycles. The molecular weight excluding hydrogens is 252 g/mol. The van der Waals surface area contributed by atoms with Gasteiger partial charge in [-0.25, -0.2) is 0 Å². The van der Waals surface area contributed by atoms with Gasteiger partial charge in [0.25, 0.3) is 0 Å². The molecule has 20 heavy (non-hydrogen) atoms. The molecule has 1 heterocycles. The summed E-state index contributed by atoms with van der Waals surface area (Å²) < 4.78 is 5.32. The molecule has 2 rings (SSSR count). The summed E-state index contributed by atoms with van der Waals surface area (Å²) in [6, 6.07) is 7.99. The van der Waals surface area contributed by atoms with Gasteiger partial charge in [0, 0.05) is 45.2 Å². The van der Waals surface area contributed by atoms with E-state index in [9.17, 15) is 4.79 Å². The van der Waals surface area contributed by atoms with E-state index < -0.39 is 0 Å². The standard InChI is InChI=1S/C16H22N2O2/c1-14(19)18-12-10-17(11-13-18)9-5-7-15-6-3-4-8-16(15)20-2/h3-8H,9-13H2,1-2H3. The summed E-state index contributed by atoms with van der Waals surface area (Å²) in [5.41, 5.74) is 1.09. The summed E-state index contributed by atoms with van der Waals surface area (Å²) in [5.74, 6) is 1.07. The molecule has 0 aromatic heterocycles. The summed E-state index contributed by atoms with van der Waals surface area (Å²) in [5, 5.41) is 0.